The minimum atomic E-state index is -2.79. The van der Waals surface area contributed by atoms with Gasteiger partial charge in [-0.3, -0.25) is 4.57 Å². The molecular weight excluding hydrogens is 1070 g/mol. The van der Waals surface area contributed by atoms with Crippen LogP contribution in [0.4, 0.5) is 0 Å². The standard InChI is InChI=1S/C67H60N4O.Pt/c1-44-36-63(68-42-56(44)47-22-15-12-16-23-47)71-59-27-18-17-26-54(59)55-34-33-53(41-61(55)71)72-52-25-19-24-51(40-52)69-43-70(60-35-30-48(39-62(60)69)46-28-31-50(32-29-46)65(2,3)4)64-57(66(5,6)7)37-49(38-58(64)67(8,9)10)45-20-13-11-14-21-45;/h11-39,42H,1-10H3;/q-2;/i1D3,11D,12D,13D,14D,15D,16D,20D,21D,22D,23D;. The molecule has 0 aliphatic carbocycles. The van der Waals surface area contributed by atoms with Gasteiger partial charge in [-0.05, 0) is 102 Å². The molecule has 3 aromatic heterocycles. The molecule has 6 heteroatoms. The molecule has 0 aliphatic rings. The number of pyridine rings is 1. The summed E-state index contributed by atoms with van der Waals surface area (Å²) in [4.78, 5) is 4.72. The summed E-state index contributed by atoms with van der Waals surface area (Å²) in [7, 11) is 0. The van der Waals surface area contributed by atoms with Crippen LogP contribution in [-0.2, 0) is 37.3 Å². The number of ether oxygens (including phenoxy) is 1. The molecule has 0 aliphatic heterocycles. The van der Waals surface area contributed by atoms with Gasteiger partial charge in [0.15, 0.2) is 0 Å². The van der Waals surface area contributed by atoms with Gasteiger partial charge in [-0.25, -0.2) is 4.98 Å². The molecule has 0 bridgehead atoms. The maximum atomic E-state index is 9.01. The molecule has 11 rings (SSSR count). The van der Waals surface area contributed by atoms with Gasteiger partial charge in [0.25, 0.3) is 6.33 Å². The number of aromatic nitrogens is 4. The van der Waals surface area contributed by atoms with Crippen molar-refractivity contribution in [2.45, 2.75) is 85.4 Å². The first kappa shape index (κ1) is 35.7. The van der Waals surface area contributed by atoms with Crippen molar-refractivity contribution in [3.8, 4) is 62.1 Å². The fourth-order valence-corrected chi connectivity index (χ4v) is 9.42. The van der Waals surface area contributed by atoms with E-state index in [1.807, 2.05) is 59.2 Å². The van der Waals surface area contributed by atoms with E-state index in [-0.39, 0.29) is 66.6 Å². The Balaban J connectivity index is 0.00000820. The predicted molar refractivity (Wildman–Crippen MR) is 297 cm³/mol. The molecule has 366 valence electrons. The number of hydrogen-bond donors (Lipinski definition) is 0. The molecule has 11 aromatic rings. The van der Waals surface area contributed by atoms with Gasteiger partial charge in [-0.15, -0.1) is 29.7 Å². The van der Waals surface area contributed by atoms with Crippen molar-refractivity contribution >= 4 is 32.8 Å². The molecule has 0 amide bonds. The van der Waals surface area contributed by atoms with Crippen molar-refractivity contribution in [3.63, 3.8) is 0 Å². The fourth-order valence-electron chi connectivity index (χ4n) is 9.42. The first-order valence-corrected chi connectivity index (χ1v) is 24.0. The Bertz CT molecular complexity index is 4470. The molecule has 3 heterocycles. The SMILES string of the molecule is [2H]c1c([2H])c([2H])c(-c2cc(C(C)(C)C)c(-[n+]3[c-]n(-c4[c-]c(Oc5[c-]c6c(cc5)c5ccccc5n6-c5cc(C([2H])([2H])[2H])c(-c6c([2H])c([2H])c([2H])c([2H])c6[2H])cn5)ccc4)c4cc(-c5ccc(C(C)(C)C)cc5)ccc43)c(C(C)(C)C)c2)c([2H])c1[2H].[Pt]. The molecule has 5 nitrogen and oxygen atoms in total. The Labute approximate surface area is 463 Å². The van der Waals surface area contributed by atoms with Crippen LogP contribution in [0.5, 0.6) is 11.5 Å². The second-order valence-corrected chi connectivity index (χ2v) is 21.2. The number of nitrogens with zero attached hydrogens (tertiary/aromatic N) is 4. The number of hydrogen-bond acceptors (Lipinski definition) is 2. The molecule has 0 saturated heterocycles. The van der Waals surface area contributed by atoms with E-state index >= 15 is 0 Å². The van der Waals surface area contributed by atoms with Gasteiger partial charge in [0.2, 0.25) is 0 Å². The molecule has 0 atom stereocenters. The smallest absolute Gasteiger partial charge is 0.268 e. The molecule has 0 radical (unpaired) electrons. The Hall–Kier alpha value is -7.33. The van der Waals surface area contributed by atoms with E-state index < -0.39 is 66.0 Å². The van der Waals surface area contributed by atoms with Crippen molar-refractivity contribution in [1.29, 1.82) is 0 Å². The molecule has 0 unspecified atom stereocenters. The van der Waals surface area contributed by atoms with Gasteiger partial charge in [0.05, 0.1) is 30.4 Å². The van der Waals surface area contributed by atoms with Gasteiger partial charge in [-0.1, -0.05) is 195 Å². The minimum absolute atomic E-state index is 0. The zero-order valence-electron chi connectivity index (χ0n) is 55.1. The van der Waals surface area contributed by atoms with Crippen molar-refractivity contribution in [2.75, 3.05) is 0 Å². The summed E-state index contributed by atoms with van der Waals surface area (Å²) in [5.41, 5.74) is 7.99. The van der Waals surface area contributed by atoms with E-state index in [2.05, 4.69) is 128 Å². The van der Waals surface area contributed by atoms with Crippen LogP contribution in [0.2, 0.25) is 0 Å². The normalized spacial score (nSPS) is 14.8. The van der Waals surface area contributed by atoms with Gasteiger partial charge in [0.1, 0.15) is 5.82 Å². The van der Waals surface area contributed by atoms with Crippen LogP contribution < -0.4 is 9.30 Å². The molecular formula is C67H60N4OPt-2. The first-order valence-electron chi connectivity index (χ1n) is 30.5. The Morgan fingerprint density at radius 2 is 1.23 bits per heavy atom. The summed E-state index contributed by atoms with van der Waals surface area (Å²) in [6, 6.07) is 39.2. The van der Waals surface area contributed by atoms with Crippen LogP contribution in [0, 0.1) is 25.3 Å². The van der Waals surface area contributed by atoms with Crippen LogP contribution in [0.15, 0.2) is 182 Å². The molecule has 0 saturated carbocycles. The van der Waals surface area contributed by atoms with Gasteiger partial charge in [0, 0.05) is 54.0 Å². The molecule has 0 fully saturated rings. The molecule has 8 aromatic carbocycles. The van der Waals surface area contributed by atoms with Crippen LogP contribution in [-0.4, -0.2) is 14.1 Å². The van der Waals surface area contributed by atoms with Gasteiger partial charge >= 0.3 is 0 Å². The third kappa shape index (κ3) is 9.37. The van der Waals surface area contributed by atoms with Crippen LogP contribution in [0.25, 0.3) is 83.4 Å². The third-order valence-corrected chi connectivity index (χ3v) is 13.1. The third-order valence-electron chi connectivity index (χ3n) is 13.1. The Kier molecular flexibility index (Phi) is 9.27. The topological polar surface area (TPSA) is 35.9 Å². The summed E-state index contributed by atoms with van der Waals surface area (Å²) in [5, 5.41) is 1.58. The van der Waals surface area contributed by atoms with Crippen molar-refractivity contribution < 1.29 is 48.2 Å². The van der Waals surface area contributed by atoms with Crippen molar-refractivity contribution in [2.24, 2.45) is 0 Å². The van der Waals surface area contributed by atoms with E-state index in [1.165, 1.54) is 17.8 Å². The van der Waals surface area contributed by atoms with E-state index in [4.69, 9.17) is 27.5 Å². The number of imidazole rings is 1. The van der Waals surface area contributed by atoms with Crippen molar-refractivity contribution in [1.82, 2.24) is 14.1 Å². The first-order chi connectivity index (χ1) is 39.8. The summed E-state index contributed by atoms with van der Waals surface area (Å²) in [6.45, 7) is 16.4. The van der Waals surface area contributed by atoms with Crippen LogP contribution in [0.3, 0.4) is 0 Å². The predicted octanol–water partition coefficient (Wildman–Crippen LogP) is 16.8. The summed E-state index contributed by atoms with van der Waals surface area (Å²) < 4.78 is 124. The largest absolute Gasteiger partial charge is 0.510 e. The number of fused-ring (bicyclic) bond motifs is 4. The minimum Gasteiger partial charge on any atom is -0.510 e. The van der Waals surface area contributed by atoms with E-state index in [0.717, 1.165) is 49.7 Å². The zero-order chi connectivity index (χ0) is 61.3. The average Bonchev–Trinajstić information content (AvgIpc) is 1.62. The maximum Gasteiger partial charge on any atom is 0.268 e. The van der Waals surface area contributed by atoms with Crippen LogP contribution >= 0.6 is 0 Å². The molecule has 0 N–H and O–H groups in total. The number of aryl methyl sites for hydroxylation is 1. The van der Waals surface area contributed by atoms with E-state index in [0.29, 0.717) is 33.8 Å². The molecule has 73 heavy (non-hydrogen) atoms. The number of para-hydroxylation sites is 1. The zero-order valence-corrected chi connectivity index (χ0v) is 44.3. The summed E-state index contributed by atoms with van der Waals surface area (Å²) in [5.74, 6) is 0.834. The monoisotopic (exact) mass is 1140 g/mol. The van der Waals surface area contributed by atoms with Crippen LogP contribution in [0.1, 0.15) is 102 Å². The van der Waals surface area contributed by atoms with Crippen molar-refractivity contribution in [3.05, 3.63) is 223 Å². The second-order valence-electron chi connectivity index (χ2n) is 21.2. The summed E-state index contributed by atoms with van der Waals surface area (Å²) in [6.07, 6.45) is 4.99. The quantitative estimate of drug-likeness (QED) is 0.112. The van der Waals surface area contributed by atoms with Gasteiger partial charge < -0.3 is 13.9 Å². The number of rotatable bonds is 8. The number of benzene rings is 8. The summed E-state index contributed by atoms with van der Waals surface area (Å²) >= 11 is 0. The fraction of sp³-hybridized carbons (Fsp3) is 0.194. The second kappa shape index (κ2) is 18.9. The van der Waals surface area contributed by atoms with E-state index in [1.54, 1.807) is 16.7 Å². The Morgan fingerprint density at radius 1 is 0.575 bits per heavy atom. The maximum absolute atomic E-state index is 9.01. The Morgan fingerprint density at radius 3 is 1.90 bits per heavy atom. The van der Waals surface area contributed by atoms with E-state index in [9.17, 15) is 0 Å². The average molecular weight is 1150 g/mol. The van der Waals surface area contributed by atoms with Gasteiger partial charge in [-0.2, -0.15) is 18.2 Å². The molecule has 0 spiro atoms.